The summed E-state index contributed by atoms with van der Waals surface area (Å²) < 4.78 is 5.24. The highest BCUT2D eigenvalue weighted by molar-refractivity contribution is 6.33. The molecule has 4 nitrogen and oxygen atoms in total. The average Bonchev–Trinajstić information content (AvgIpc) is 2.49. The number of hydrogen-bond acceptors (Lipinski definition) is 4. The van der Waals surface area contributed by atoms with Crippen molar-refractivity contribution < 1.29 is 9.53 Å². The third-order valence-electron chi connectivity index (χ3n) is 4.19. The molecular formula is C18H29ClN2O2. The molecule has 1 aromatic rings. The summed E-state index contributed by atoms with van der Waals surface area (Å²) in [5.74, 6) is 0.483. The molecule has 0 bridgehead atoms. The molecule has 0 heterocycles. The van der Waals surface area contributed by atoms with Gasteiger partial charge in [-0.05, 0) is 31.7 Å². The molecule has 0 fully saturated rings. The van der Waals surface area contributed by atoms with Gasteiger partial charge in [0.05, 0.1) is 23.4 Å². The highest BCUT2D eigenvalue weighted by atomic mass is 35.5. The molecule has 130 valence electrons. The summed E-state index contributed by atoms with van der Waals surface area (Å²) in [4.78, 5) is 12.5. The SMILES string of the molecule is CCCC(N)(CCC)CCCC(=O)c1cc(Cl)c(N)cc1OC. The minimum atomic E-state index is -0.160. The number of ether oxygens (including phenoxy) is 1. The van der Waals surface area contributed by atoms with Crippen LogP contribution in [0.1, 0.15) is 69.2 Å². The van der Waals surface area contributed by atoms with Crippen molar-refractivity contribution in [2.24, 2.45) is 5.73 Å². The number of nitrogens with two attached hydrogens (primary N) is 2. The Balaban J connectivity index is 2.72. The summed E-state index contributed by atoms with van der Waals surface area (Å²) in [6.07, 6.45) is 6.16. The van der Waals surface area contributed by atoms with Gasteiger partial charge in [-0.1, -0.05) is 38.3 Å². The van der Waals surface area contributed by atoms with Gasteiger partial charge >= 0.3 is 0 Å². The van der Waals surface area contributed by atoms with Crippen LogP contribution < -0.4 is 16.2 Å². The Hall–Kier alpha value is -1.26. The standard InChI is InChI=1S/C18H29ClN2O2/c1-4-8-18(21,9-5-2)10-6-7-16(22)13-11-14(19)15(20)12-17(13)23-3/h11-12H,4-10,20-21H2,1-3H3. The molecule has 0 aliphatic rings. The molecule has 0 saturated carbocycles. The van der Waals surface area contributed by atoms with Crippen LogP contribution in [-0.2, 0) is 0 Å². The zero-order valence-electron chi connectivity index (χ0n) is 14.5. The van der Waals surface area contributed by atoms with Crippen molar-refractivity contribution in [1.29, 1.82) is 0 Å². The molecule has 0 aromatic heterocycles. The Morgan fingerprint density at radius 2 is 1.83 bits per heavy atom. The first kappa shape index (κ1) is 19.8. The fourth-order valence-electron chi connectivity index (χ4n) is 3.06. The number of rotatable bonds is 10. The maximum Gasteiger partial charge on any atom is 0.166 e. The van der Waals surface area contributed by atoms with Gasteiger partial charge in [-0.25, -0.2) is 0 Å². The Labute approximate surface area is 144 Å². The number of anilines is 1. The van der Waals surface area contributed by atoms with Crippen LogP contribution in [0.4, 0.5) is 5.69 Å². The third kappa shape index (κ3) is 5.70. The summed E-state index contributed by atoms with van der Waals surface area (Å²) in [7, 11) is 1.52. The number of hydrogen-bond donors (Lipinski definition) is 2. The Kier molecular flexibility index (Phi) is 7.86. The normalized spacial score (nSPS) is 11.5. The quantitative estimate of drug-likeness (QED) is 0.482. The predicted octanol–water partition coefficient (Wildman–Crippen LogP) is 4.58. The molecule has 5 heteroatoms. The second kappa shape index (κ2) is 9.14. The number of benzene rings is 1. The summed E-state index contributed by atoms with van der Waals surface area (Å²) in [5.41, 5.74) is 13.0. The van der Waals surface area contributed by atoms with E-state index in [1.807, 2.05) is 0 Å². The van der Waals surface area contributed by atoms with E-state index in [2.05, 4.69) is 13.8 Å². The van der Waals surface area contributed by atoms with Gasteiger partial charge < -0.3 is 16.2 Å². The van der Waals surface area contributed by atoms with E-state index in [0.717, 1.165) is 38.5 Å². The molecule has 0 aliphatic heterocycles. The average molecular weight is 341 g/mol. The zero-order valence-corrected chi connectivity index (χ0v) is 15.2. The van der Waals surface area contributed by atoms with Crippen LogP contribution in [0.25, 0.3) is 0 Å². The molecule has 0 saturated heterocycles. The van der Waals surface area contributed by atoms with E-state index in [0.29, 0.717) is 28.4 Å². The Bertz CT molecular complexity index is 526. The minimum absolute atomic E-state index is 0.0131. The predicted molar refractivity (Wildman–Crippen MR) is 97.3 cm³/mol. The van der Waals surface area contributed by atoms with Gasteiger partial charge in [0.1, 0.15) is 5.75 Å². The summed E-state index contributed by atoms with van der Waals surface area (Å²) in [5, 5.41) is 0.374. The van der Waals surface area contributed by atoms with Crippen LogP contribution in [0.3, 0.4) is 0 Å². The first-order valence-electron chi connectivity index (χ1n) is 8.32. The number of Topliss-reactive ketones (excluding diaryl/α,β-unsaturated/α-hetero) is 1. The molecule has 0 unspecified atom stereocenters. The number of halogens is 1. The topological polar surface area (TPSA) is 78.3 Å². The maximum atomic E-state index is 12.5. The van der Waals surface area contributed by atoms with Gasteiger partial charge in [0.25, 0.3) is 0 Å². The van der Waals surface area contributed by atoms with Crippen molar-refractivity contribution in [3.05, 3.63) is 22.7 Å². The summed E-state index contributed by atoms with van der Waals surface area (Å²) >= 11 is 6.02. The fraction of sp³-hybridized carbons (Fsp3) is 0.611. The maximum absolute atomic E-state index is 12.5. The lowest BCUT2D eigenvalue weighted by Gasteiger charge is -2.29. The van der Waals surface area contributed by atoms with Crippen molar-refractivity contribution in [2.45, 2.75) is 64.3 Å². The lowest BCUT2D eigenvalue weighted by atomic mass is 9.84. The second-order valence-corrected chi connectivity index (χ2v) is 6.62. The molecule has 1 aromatic carbocycles. The zero-order chi connectivity index (χ0) is 17.5. The van der Waals surface area contributed by atoms with Crippen LogP contribution in [-0.4, -0.2) is 18.4 Å². The number of carbonyl (C=O) groups excluding carboxylic acids is 1. The van der Waals surface area contributed by atoms with E-state index in [1.54, 1.807) is 12.1 Å². The highest BCUT2D eigenvalue weighted by Crippen LogP contribution is 2.30. The molecular weight excluding hydrogens is 312 g/mol. The van der Waals surface area contributed by atoms with Gasteiger partial charge in [0, 0.05) is 18.0 Å². The molecule has 23 heavy (non-hydrogen) atoms. The number of nitrogen functional groups attached to an aromatic ring is 1. The number of ketones is 1. The minimum Gasteiger partial charge on any atom is -0.496 e. The molecule has 4 N–H and O–H groups in total. The van der Waals surface area contributed by atoms with Crippen LogP contribution in [0, 0.1) is 0 Å². The van der Waals surface area contributed by atoms with Crippen molar-refractivity contribution >= 4 is 23.1 Å². The van der Waals surface area contributed by atoms with E-state index < -0.39 is 0 Å². The van der Waals surface area contributed by atoms with Crippen molar-refractivity contribution in [1.82, 2.24) is 0 Å². The van der Waals surface area contributed by atoms with E-state index in [9.17, 15) is 4.79 Å². The summed E-state index contributed by atoms with van der Waals surface area (Å²) in [6, 6.07) is 3.18. The summed E-state index contributed by atoms with van der Waals surface area (Å²) in [6.45, 7) is 4.29. The number of carbonyl (C=O) groups is 1. The van der Waals surface area contributed by atoms with Gasteiger partial charge in [0.2, 0.25) is 0 Å². The van der Waals surface area contributed by atoms with Crippen molar-refractivity contribution in [3.63, 3.8) is 0 Å². The lowest BCUT2D eigenvalue weighted by molar-refractivity contribution is 0.0973. The van der Waals surface area contributed by atoms with Crippen molar-refractivity contribution in [3.8, 4) is 5.75 Å². The highest BCUT2D eigenvalue weighted by Gasteiger charge is 2.23. The van der Waals surface area contributed by atoms with E-state index in [4.69, 9.17) is 27.8 Å². The molecule has 1 rings (SSSR count). The first-order valence-corrected chi connectivity index (χ1v) is 8.69. The van der Waals surface area contributed by atoms with E-state index in [-0.39, 0.29) is 11.3 Å². The van der Waals surface area contributed by atoms with Gasteiger partial charge in [0.15, 0.2) is 5.78 Å². The monoisotopic (exact) mass is 340 g/mol. The van der Waals surface area contributed by atoms with Gasteiger partial charge in [-0.15, -0.1) is 0 Å². The molecule has 0 radical (unpaired) electrons. The molecule has 0 atom stereocenters. The van der Waals surface area contributed by atoms with Crippen LogP contribution >= 0.6 is 11.6 Å². The first-order chi connectivity index (χ1) is 10.9. The van der Waals surface area contributed by atoms with Crippen LogP contribution in [0.5, 0.6) is 5.75 Å². The van der Waals surface area contributed by atoms with Crippen LogP contribution in [0.15, 0.2) is 12.1 Å². The smallest absolute Gasteiger partial charge is 0.166 e. The van der Waals surface area contributed by atoms with Gasteiger partial charge in [-0.2, -0.15) is 0 Å². The Morgan fingerprint density at radius 3 is 2.35 bits per heavy atom. The largest absolute Gasteiger partial charge is 0.496 e. The lowest BCUT2D eigenvalue weighted by Crippen LogP contribution is -2.39. The second-order valence-electron chi connectivity index (χ2n) is 6.21. The van der Waals surface area contributed by atoms with E-state index >= 15 is 0 Å². The van der Waals surface area contributed by atoms with Crippen molar-refractivity contribution in [2.75, 3.05) is 12.8 Å². The van der Waals surface area contributed by atoms with Crippen LogP contribution in [0.2, 0.25) is 5.02 Å². The van der Waals surface area contributed by atoms with Gasteiger partial charge in [-0.3, -0.25) is 4.79 Å². The van der Waals surface area contributed by atoms with E-state index in [1.165, 1.54) is 7.11 Å². The third-order valence-corrected chi connectivity index (χ3v) is 4.52. The molecule has 0 amide bonds. The number of methoxy groups -OCH3 is 1. The fourth-order valence-corrected chi connectivity index (χ4v) is 3.23. The molecule has 0 aliphatic carbocycles. The molecule has 0 spiro atoms. The Morgan fingerprint density at radius 1 is 1.22 bits per heavy atom.